The summed E-state index contributed by atoms with van der Waals surface area (Å²) >= 11 is 0. The number of carbonyl (C=O) groups excluding carboxylic acids is 1. The maximum atomic E-state index is 13.2. The van der Waals surface area contributed by atoms with E-state index in [2.05, 4.69) is 12.2 Å². The molecular weight excluding hydrogens is 243 g/mol. The van der Waals surface area contributed by atoms with Crippen LogP contribution in [0.25, 0.3) is 0 Å². The zero-order chi connectivity index (χ0) is 14.1. The Hall–Kier alpha value is -1.58. The summed E-state index contributed by atoms with van der Waals surface area (Å²) in [6.45, 7) is 2.80. The molecule has 0 aromatic heterocycles. The fourth-order valence-corrected chi connectivity index (χ4v) is 1.94. The quantitative estimate of drug-likeness (QED) is 0.559. The first kappa shape index (κ1) is 15.5. The number of amides is 1. The van der Waals surface area contributed by atoms with Gasteiger partial charge < -0.3 is 11.1 Å². The van der Waals surface area contributed by atoms with Crippen LogP contribution in [0.2, 0.25) is 0 Å². The van der Waals surface area contributed by atoms with Crippen LogP contribution in [0.5, 0.6) is 0 Å². The maximum Gasteiger partial charge on any atom is 0.253 e. The SMILES string of the molecule is CCCCCCCCNC(=O)c1cccc(F)c1N. The Morgan fingerprint density at radius 1 is 1.21 bits per heavy atom. The van der Waals surface area contributed by atoms with E-state index in [-0.39, 0.29) is 17.2 Å². The number of unbranched alkanes of at least 4 members (excludes halogenated alkanes) is 5. The number of nitrogens with one attached hydrogen (secondary N) is 1. The van der Waals surface area contributed by atoms with Crippen LogP contribution in [-0.4, -0.2) is 12.5 Å². The molecule has 0 atom stereocenters. The monoisotopic (exact) mass is 266 g/mol. The summed E-state index contributed by atoms with van der Waals surface area (Å²) in [7, 11) is 0. The van der Waals surface area contributed by atoms with Crippen molar-refractivity contribution in [2.45, 2.75) is 45.4 Å². The fraction of sp³-hybridized carbons (Fsp3) is 0.533. The number of nitrogen functional groups attached to an aromatic ring is 1. The standard InChI is InChI=1S/C15H23FN2O/c1-2-3-4-5-6-7-11-18-15(19)12-9-8-10-13(16)14(12)17/h8-10H,2-7,11,17H2,1H3,(H,18,19). The number of rotatable bonds is 8. The Morgan fingerprint density at radius 2 is 1.89 bits per heavy atom. The molecule has 0 saturated carbocycles. The summed E-state index contributed by atoms with van der Waals surface area (Å²) in [6, 6.07) is 4.28. The van der Waals surface area contributed by atoms with Crippen molar-refractivity contribution in [3.8, 4) is 0 Å². The van der Waals surface area contributed by atoms with E-state index in [1.807, 2.05) is 0 Å². The number of carbonyl (C=O) groups is 1. The van der Waals surface area contributed by atoms with Gasteiger partial charge in [-0.05, 0) is 18.6 Å². The fourth-order valence-electron chi connectivity index (χ4n) is 1.94. The van der Waals surface area contributed by atoms with Gasteiger partial charge in [0.15, 0.2) is 0 Å². The van der Waals surface area contributed by atoms with Crippen molar-refractivity contribution in [3.63, 3.8) is 0 Å². The van der Waals surface area contributed by atoms with E-state index in [1.54, 1.807) is 0 Å². The number of anilines is 1. The van der Waals surface area contributed by atoms with Crippen LogP contribution in [0.4, 0.5) is 10.1 Å². The van der Waals surface area contributed by atoms with Gasteiger partial charge in [0.05, 0.1) is 11.3 Å². The predicted octanol–water partition coefficient (Wildman–Crippen LogP) is 3.50. The van der Waals surface area contributed by atoms with Crippen LogP contribution in [0.1, 0.15) is 55.8 Å². The van der Waals surface area contributed by atoms with Gasteiger partial charge in [-0.3, -0.25) is 4.79 Å². The Balaban J connectivity index is 2.26. The van der Waals surface area contributed by atoms with Crippen molar-refractivity contribution in [2.75, 3.05) is 12.3 Å². The molecule has 0 aliphatic heterocycles. The van der Waals surface area contributed by atoms with E-state index >= 15 is 0 Å². The maximum absolute atomic E-state index is 13.2. The Morgan fingerprint density at radius 3 is 2.63 bits per heavy atom. The molecule has 4 heteroatoms. The Labute approximate surface area is 114 Å². The van der Waals surface area contributed by atoms with Gasteiger partial charge in [0.1, 0.15) is 5.82 Å². The Bertz CT molecular complexity index is 407. The van der Waals surface area contributed by atoms with Crippen molar-refractivity contribution in [3.05, 3.63) is 29.6 Å². The van der Waals surface area contributed by atoms with Gasteiger partial charge in [0.2, 0.25) is 0 Å². The minimum absolute atomic E-state index is 0.0806. The van der Waals surface area contributed by atoms with Crippen LogP contribution in [0.3, 0.4) is 0 Å². The topological polar surface area (TPSA) is 55.1 Å². The van der Waals surface area contributed by atoms with Crippen molar-refractivity contribution < 1.29 is 9.18 Å². The van der Waals surface area contributed by atoms with Crippen LogP contribution in [0, 0.1) is 5.82 Å². The van der Waals surface area contributed by atoms with Crippen LogP contribution >= 0.6 is 0 Å². The lowest BCUT2D eigenvalue weighted by Crippen LogP contribution is -2.25. The van der Waals surface area contributed by atoms with Gasteiger partial charge >= 0.3 is 0 Å². The highest BCUT2D eigenvalue weighted by Gasteiger charge is 2.11. The van der Waals surface area contributed by atoms with Crippen molar-refractivity contribution in [1.29, 1.82) is 0 Å². The molecule has 1 amide bonds. The van der Waals surface area contributed by atoms with Gasteiger partial charge in [-0.2, -0.15) is 0 Å². The van der Waals surface area contributed by atoms with Crippen molar-refractivity contribution >= 4 is 11.6 Å². The zero-order valence-electron chi connectivity index (χ0n) is 11.5. The largest absolute Gasteiger partial charge is 0.396 e. The van der Waals surface area contributed by atoms with Gasteiger partial charge in [0.25, 0.3) is 5.91 Å². The molecule has 19 heavy (non-hydrogen) atoms. The molecule has 0 fully saturated rings. The average molecular weight is 266 g/mol. The van der Waals surface area contributed by atoms with E-state index in [1.165, 1.54) is 43.9 Å². The highest BCUT2D eigenvalue weighted by Crippen LogP contribution is 2.15. The number of hydrogen-bond acceptors (Lipinski definition) is 2. The van der Waals surface area contributed by atoms with Crippen LogP contribution in [0.15, 0.2) is 18.2 Å². The second-order valence-electron chi connectivity index (χ2n) is 4.72. The summed E-state index contributed by atoms with van der Waals surface area (Å²) in [5, 5.41) is 2.77. The summed E-state index contributed by atoms with van der Waals surface area (Å²) in [4.78, 5) is 11.8. The van der Waals surface area contributed by atoms with Crippen LogP contribution < -0.4 is 11.1 Å². The lowest BCUT2D eigenvalue weighted by atomic mass is 10.1. The van der Waals surface area contributed by atoms with Crippen LogP contribution in [-0.2, 0) is 0 Å². The van der Waals surface area contributed by atoms with E-state index in [4.69, 9.17) is 5.73 Å². The Kier molecular flexibility index (Phi) is 6.93. The first-order valence-corrected chi connectivity index (χ1v) is 6.99. The second kappa shape index (κ2) is 8.51. The highest BCUT2D eigenvalue weighted by atomic mass is 19.1. The molecule has 0 spiro atoms. The summed E-state index contributed by atoms with van der Waals surface area (Å²) < 4.78 is 13.2. The average Bonchev–Trinajstić information content (AvgIpc) is 2.40. The van der Waals surface area contributed by atoms with E-state index in [9.17, 15) is 9.18 Å². The molecule has 1 aromatic carbocycles. The smallest absolute Gasteiger partial charge is 0.253 e. The molecule has 1 aromatic rings. The first-order valence-electron chi connectivity index (χ1n) is 6.99. The van der Waals surface area contributed by atoms with Gasteiger partial charge in [-0.1, -0.05) is 45.1 Å². The lowest BCUT2D eigenvalue weighted by Gasteiger charge is -2.08. The third-order valence-corrected chi connectivity index (χ3v) is 3.11. The summed E-state index contributed by atoms with van der Waals surface area (Å²) in [6.07, 6.45) is 7.01. The van der Waals surface area contributed by atoms with Crippen molar-refractivity contribution in [1.82, 2.24) is 5.32 Å². The minimum atomic E-state index is -0.549. The minimum Gasteiger partial charge on any atom is -0.396 e. The van der Waals surface area contributed by atoms with E-state index in [0.717, 1.165) is 12.8 Å². The molecule has 0 bridgehead atoms. The van der Waals surface area contributed by atoms with E-state index < -0.39 is 5.82 Å². The van der Waals surface area contributed by atoms with Gasteiger partial charge in [-0.15, -0.1) is 0 Å². The summed E-state index contributed by atoms with van der Waals surface area (Å²) in [5.74, 6) is -0.849. The lowest BCUT2D eigenvalue weighted by molar-refractivity contribution is 0.0953. The molecule has 0 saturated heterocycles. The molecule has 0 aliphatic rings. The molecule has 0 unspecified atom stereocenters. The molecule has 3 N–H and O–H groups in total. The van der Waals surface area contributed by atoms with Gasteiger partial charge in [-0.25, -0.2) is 4.39 Å². The second-order valence-corrected chi connectivity index (χ2v) is 4.72. The number of para-hydroxylation sites is 1. The zero-order valence-corrected chi connectivity index (χ0v) is 11.5. The molecule has 1 rings (SSSR count). The molecule has 3 nitrogen and oxygen atoms in total. The third-order valence-electron chi connectivity index (χ3n) is 3.11. The molecular formula is C15H23FN2O. The van der Waals surface area contributed by atoms with Gasteiger partial charge in [0, 0.05) is 6.54 Å². The van der Waals surface area contributed by atoms with E-state index in [0.29, 0.717) is 6.54 Å². The molecule has 0 radical (unpaired) electrons. The van der Waals surface area contributed by atoms with Crippen molar-refractivity contribution in [2.24, 2.45) is 0 Å². The molecule has 0 heterocycles. The molecule has 106 valence electrons. The normalized spacial score (nSPS) is 10.4. The highest BCUT2D eigenvalue weighted by molar-refractivity contribution is 5.99. The first-order chi connectivity index (χ1) is 9.16. The summed E-state index contributed by atoms with van der Waals surface area (Å²) in [5.41, 5.74) is 5.67. The predicted molar refractivity (Wildman–Crippen MR) is 76.5 cm³/mol. The third kappa shape index (κ3) is 5.28. The molecule has 0 aliphatic carbocycles. The number of halogens is 1. The number of hydrogen-bond donors (Lipinski definition) is 2. The number of nitrogens with two attached hydrogens (primary N) is 1. The number of benzene rings is 1.